The maximum Gasteiger partial charge on any atom is 0.319 e. The number of hydrogen-bond acceptors (Lipinski definition) is 3. The Hall–Kier alpha value is -1.43. The summed E-state index contributed by atoms with van der Waals surface area (Å²) < 4.78 is 1.47. The van der Waals surface area contributed by atoms with Gasteiger partial charge in [-0.15, -0.1) is 0 Å². The van der Waals surface area contributed by atoms with Crippen molar-refractivity contribution in [3.63, 3.8) is 0 Å². The summed E-state index contributed by atoms with van der Waals surface area (Å²) in [5.74, 6) is 0.106. The Kier molecular flexibility index (Phi) is 1.99. The number of fused-ring (bicyclic) bond motifs is 1. The summed E-state index contributed by atoms with van der Waals surface area (Å²) in [5, 5.41) is 2.37. The van der Waals surface area contributed by atoms with Crippen LogP contribution in [0.4, 0.5) is 5.95 Å². The summed E-state index contributed by atoms with van der Waals surface area (Å²) in [7, 11) is 0. The lowest BCUT2D eigenvalue weighted by molar-refractivity contribution is -0.535. The minimum atomic E-state index is 0.106. The number of H-pyrrole nitrogens is 1. The maximum absolute atomic E-state index is 11.4. The first-order valence-corrected chi connectivity index (χ1v) is 4.75. The molecule has 0 radical (unpaired) electrons. The van der Waals surface area contributed by atoms with Crippen LogP contribution in [0.3, 0.4) is 0 Å². The predicted octanol–water partition coefficient (Wildman–Crippen LogP) is 1.13. The van der Waals surface area contributed by atoms with Gasteiger partial charge < -0.3 is 5.73 Å². The molecule has 0 aliphatic carbocycles. The molecule has 0 spiro atoms. The quantitative estimate of drug-likeness (QED) is 0.693. The predicted molar refractivity (Wildman–Crippen MR) is 56.3 cm³/mol. The zero-order valence-electron chi connectivity index (χ0n) is 7.41. The molecule has 0 saturated heterocycles. The number of nitrogens with zero attached hydrogens (tertiary/aromatic N) is 2. The van der Waals surface area contributed by atoms with Gasteiger partial charge in [0.1, 0.15) is 5.52 Å². The molecule has 0 unspecified atom stereocenters. The normalized spacial score (nSPS) is 10.7. The Balaban J connectivity index is 2.96. The molecule has 0 aliphatic heterocycles. The monoisotopic (exact) mass is 255 g/mol. The smallest absolute Gasteiger partial charge is 0.319 e. The van der Waals surface area contributed by atoms with Gasteiger partial charge in [0, 0.05) is 10.5 Å². The van der Waals surface area contributed by atoms with Crippen LogP contribution < -0.4 is 10.3 Å². The summed E-state index contributed by atoms with van der Waals surface area (Å²) in [4.78, 5) is 15.4. The summed E-state index contributed by atoms with van der Waals surface area (Å²) in [6.07, 6.45) is 0. The minimum Gasteiger partial charge on any atom is -0.365 e. The third-order valence-corrected chi connectivity index (χ3v) is 2.79. The Bertz CT molecular complexity index is 563. The number of aryl methyl sites for hydroxylation is 1. The third kappa shape index (κ3) is 1.37. The Morgan fingerprint density at radius 3 is 3.00 bits per heavy atom. The molecular weight excluding hydrogens is 248 g/mol. The average molecular weight is 256 g/mol. The van der Waals surface area contributed by atoms with E-state index >= 15 is 0 Å². The lowest BCUT2D eigenvalue weighted by atomic mass is 10.2. The SMILES string of the molecule is Cc1cc2nc(N)[nH][n+](=O)c2cc1Br. The van der Waals surface area contributed by atoms with Gasteiger partial charge in [0.2, 0.25) is 0 Å². The lowest BCUT2D eigenvalue weighted by Crippen LogP contribution is -2.23. The van der Waals surface area contributed by atoms with Crippen molar-refractivity contribution >= 4 is 32.9 Å². The highest BCUT2D eigenvalue weighted by atomic mass is 79.9. The fourth-order valence-electron chi connectivity index (χ4n) is 1.23. The number of hydrogen-bond donors (Lipinski definition) is 2. The van der Waals surface area contributed by atoms with Crippen LogP contribution in [0.5, 0.6) is 0 Å². The van der Waals surface area contributed by atoms with Gasteiger partial charge in [-0.05, 0) is 18.6 Å². The molecule has 0 saturated carbocycles. The number of halogens is 1. The van der Waals surface area contributed by atoms with E-state index in [1.807, 2.05) is 6.92 Å². The fraction of sp³-hybridized carbons (Fsp3) is 0.125. The van der Waals surface area contributed by atoms with Gasteiger partial charge in [0.15, 0.2) is 4.54 Å². The number of aromatic nitrogens is 3. The molecule has 0 atom stereocenters. The number of benzene rings is 1. The van der Waals surface area contributed by atoms with Crippen molar-refractivity contribution in [2.45, 2.75) is 6.92 Å². The largest absolute Gasteiger partial charge is 0.365 e. The molecule has 0 amide bonds. The van der Waals surface area contributed by atoms with Crippen molar-refractivity contribution in [2.75, 3.05) is 5.73 Å². The molecule has 14 heavy (non-hydrogen) atoms. The first kappa shape index (κ1) is 9.14. The van der Waals surface area contributed by atoms with Gasteiger partial charge in [-0.1, -0.05) is 21.0 Å². The second kappa shape index (κ2) is 3.06. The summed E-state index contributed by atoms with van der Waals surface area (Å²) in [5.41, 5.74) is 7.46. The van der Waals surface area contributed by atoms with Crippen molar-refractivity contribution in [1.82, 2.24) is 10.1 Å². The molecule has 1 aromatic heterocycles. The van der Waals surface area contributed by atoms with Crippen molar-refractivity contribution in [1.29, 1.82) is 0 Å². The molecule has 3 N–H and O–H groups in total. The fourth-order valence-corrected chi connectivity index (χ4v) is 1.56. The summed E-state index contributed by atoms with van der Waals surface area (Å²) >= 11 is 3.34. The molecule has 2 aromatic rings. The van der Waals surface area contributed by atoms with E-state index < -0.39 is 0 Å². The van der Waals surface area contributed by atoms with E-state index in [1.165, 1.54) is 0 Å². The van der Waals surface area contributed by atoms with Crippen molar-refractivity contribution in [3.8, 4) is 0 Å². The van der Waals surface area contributed by atoms with Crippen LogP contribution in [0.2, 0.25) is 0 Å². The molecule has 0 fully saturated rings. The number of aromatic amines is 1. The van der Waals surface area contributed by atoms with Crippen molar-refractivity contribution in [2.24, 2.45) is 0 Å². The van der Waals surface area contributed by atoms with Gasteiger partial charge in [0.25, 0.3) is 5.95 Å². The second-order valence-corrected chi connectivity index (χ2v) is 3.85. The van der Waals surface area contributed by atoms with E-state index in [0.717, 1.165) is 10.0 Å². The summed E-state index contributed by atoms with van der Waals surface area (Å²) in [6, 6.07) is 3.51. The van der Waals surface area contributed by atoms with E-state index in [0.29, 0.717) is 15.6 Å². The second-order valence-electron chi connectivity index (χ2n) is 2.99. The van der Waals surface area contributed by atoms with Gasteiger partial charge in [-0.3, -0.25) is 0 Å². The zero-order chi connectivity index (χ0) is 10.3. The number of nitrogens with one attached hydrogen (secondary N) is 1. The first-order valence-electron chi connectivity index (χ1n) is 3.96. The van der Waals surface area contributed by atoms with Crippen LogP contribution in [0.15, 0.2) is 16.6 Å². The molecule has 6 heteroatoms. The number of anilines is 1. The van der Waals surface area contributed by atoms with Crippen molar-refractivity contribution in [3.05, 3.63) is 27.1 Å². The van der Waals surface area contributed by atoms with Gasteiger partial charge in [-0.25, -0.2) is 4.98 Å². The van der Waals surface area contributed by atoms with Gasteiger partial charge >= 0.3 is 5.52 Å². The molecule has 72 valence electrons. The van der Waals surface area contributed by atoms with E-state index in [-0.39, 0.29) is 5.95 Å². The lowest BCUT2D eigenvalue weighted by Gasteiger charge is -1.96. The Labute approximate surface area is 87.7 Å². The van der Waals surface area contributed by atoms with Crippen LogP contribution in [-0.2, 0) is 0 Å². The molecule has 5 nitrogen and oxygen atoms in total. The van der Waals surface area contributed by atoms with Crippen LogP contribution >= 0.6 is 15.9 Å². The van der Waals surface area contributed by atoms with Crippen molar-refractivity contribution < 1.29 is 4.54 Å². The number of rotatable bonds is 0. The van der Waals surface area contributed by atoms with Crippen LogP contribution in [0, 0.1) is 11.8 Å². The highest BCUT2D eigenvalue weighted by molar-refractivity contribution is 9.10. The summed E-state index contributed by atoms with van der Waals surface area (Å²) in [6.45, 7) is 1.92. The van der Waals surface area contributed by atoms with E-state index in [1.54, 1.807) is 12.1 Å². The zero-order valence-corrected chi connectivity index (χ0v) is 9.00. The Morgan fingerprint density at radius 1 is 1.57 bits per heavy atom. The number of nitrogen functional groups attached to an aromatic ring is 1. The molecule has 2 rings (SSSR count). The molecule has 0 aliphatic rings. The topological polar surface area (TPSA) is 77.7 Å². The highest BCUT2D eigenvalue weighted by Gasteiger charge is 2.11. The molecule has 1 aromatic carbocycles. The van der Waals surface area contributed by atoms with Crippen LogP contribution in [0.1, 0.15) is 5.56 Å². The van der Waals surface area contributed by atoms with Gasteiger partial charge in [-0.2, -0.15) is 0 Å². The van der Waals surface area contributed by atoms with E-state index in [2.05, 4.69) is 26.0 Å². The average Bonchev–Trinajstić information content (AvgIpc) is 2.08. The van der Waals surface area contributed by atoms with Crippen LogP contribution in [0.25, 0.3) is 11.0 Å². The maximum atomic E-state index is 11.4. The highest BCUT2D eigenvalue weighted by Crippen LogP contribution is 2.20. The number of nitrogens with two attached hydrogens (primary N) is 1. The standard InChI is InChI=1S/C8H8BrN4O/c1-4-2-6-7(3-5(4)9)13(14)12-8(10)11-6/h2-3H,1H3,(H3,10,11,12,14)/q+1. The molecule has 0 bridgehead atoms. The van der Waals surface area contributed by atoms with Gasteiger partial charge in [0.05, 0.1) is 4.91 Å². The third-order valence-electron chi connectivity index (χ3n) is 1.93. The van der Waals surface area contributed by atoms with Crippen LogP contribution in [-0.4, -0.2) is 10.1 Å². The molecular formula is C8H8BrN4O+. The van der Waals surface area contributed by atoms with E-state index in [4.69, 9.17) is 5.73 Å². The van der Waals surface area contributed by atoms with E-state index in [9.17, 15) is 4.91 Å². The first-order chi connectivity index (χ1) is 6.58. The minimum absolute atomic E-state index is 0.106. The molecule has 1 heterocycles. The Morgan fingerprint density at radius 2 is 2.29 bits per heavy atom.